The lowest BCUT2D eigenvalue weighted by molar-refractivity contribution is -0.676. The van der Waals surface area contributed by atoms with E-state index in [1.807, 2.05) is 55.1 Å². The second-order valence-corrected chi connectivity index (χ2v) is 5.73. The summed E-state index contributed by atoms with van der Waals surface area (Å²) in [4.78, 5) is 0. The van der Waals surface area contributed by atoms with Gasteiger partial charge in [-0.3, -0.25) is 0 Å². The van der Waals surface area contributed by atoms with E-state index in [1.165, 1.54) is 6.07 Å². The predicted molar refractivity (Wildman–Crippen MR) is 77.2 cm³/mol. The van der Waals surface area contributed by atoms with Crippen molar-refractivity contribution in [3.8, 4) is 17.0 Å². The molecule has 0 saturated heterocycles. The Morgan fingerprint density at radius 1 is 1.19 bits per heavy atom. The van der Waals surface area contributed by atoms with Crippen LogP contribution in [0.3, 0.4) is 0 Å². The van der Waals surface area contributed by atoms with Gasteiger partial charge in [-0.2, -0.15) is 5.01 Å². The summed E-state index contributed by atoms with van der Waals surface area (Å²) in [6.07, 6.45) is 1.88. The highest BCUT2D eigenvalue weighted by molar-refractivity contribution is 7.81. The van der Waals surface area contributed by atoms with Gasteiger partial charge in [-0.25, -0.2) is 8.42 Å². The van der Waals surface area contributed by atoms with Gasteiger partial charge in [0.25, 0.3) is 10.4 Å². The van der Waals surface area contributed by atoms with E-state index in [-0.39, 0.29) is 5.75 Å². The lowest BCUT2D eigenvalue weighted by atomic mass is 10.0. The van der Waals surface area contributed by atoms with Crippen molar-refractivity contribution in [2.75, 3.05) is 19.1 Å². The monoisotopic (exact) mass is 308 g/mol. The largest absolute Gasteiger partial charge is 0.716 e. The number of aromatic nitrogens is 1. The van der Waals surface area contributed by atoms with Crippen LogP contribution in [0.4, 0.5) is 0 Å². The third-order valence-electron chi connectivity index (χ3n) is 2.95. The van der Waals surface area contributed by atoms with E-state index >= 15 is 0 Å². The fourth-order valence-corrected chi connectivity index (χ4v) is 2.38. The van der Waals surface area contributed by atoms with Gasteiger partial charge >= 0.3 is 0 Å². The van der Waals surface area contributed by atoms with Gasteiger partial charge < -0.3 is 8.74 Å². The lowest BCUT2D eigenvalue weighted by Gasteiger charge is -2.13. The van der Waals surface area contributed by atoms with Crippen molar-refractivity contribution in [2.45, 2.75) is 6.92 Å². The molecule has 0 N–H and O–H groups in total. The highest BCUT2D eigenvalue weighted by Gasteiger charge is 2.17. The summed E-state index contributed by atoms with van der Waals surface area (Å²) in [5.41, 5.74) is 2.58. The lowest BCUT2D eigenvalue weighted by Crippen LogP contribution is -2.53. The number of nitrogens with zero attached hydrogens (tertiary/aromatic N) is 2. The van der Waals surface area contributed by atoms with Crippen LogP contribution in [-0.2, 0) is 10.4 Å². The van der Waals surface area contributed by atoms with Gasteiger partial charge in [-0.05, 0) is 30.7 Å². The molecule has 6 nitrogen and oxygen atoms in total. The van der Waals surface area contributed by atoms with E-state index < -0.39 is 10.4 Å². The Morgan fingerprint density at radius 2 is 1.90 bits per heavy atom. The van der Waals surface area contributed by atoms with Crippen LogP contribution in [0, 0.1) is 6.92 Å². The van der Waals surface area contributed by atoms with Gasteiger partial charge in [0.1, 0.15) is 5.75 Å². The maximum Gasteiger partial charge on any atom is 0.262 e. The maximum absolute atomic E-state index is 10.7. The predicted octanol–water partition coefficient (Wildman–Crippen LogP) is 0.986. The second kappa shape index (κ2) is 5.71. The number of hydrogen-bond donors (Lipinski definition) is 0. The molecule has 0 spiro atoms. The van der Waals surface area contributed by atoms with Crippen molar-refractivity contribution in [3.63, 3.8) is 0 Å². The third kappa shape index (κ3) is 3.71. The van der Waals surface area contributed by atoms with Crippen LogP contribution in [0.1, 0.15) is 5.56 Å². The van der Waals surface area contributed by atoms with Crippen LogP contribution >= 0.6 is 0 Å². The number of aryl methyl sites for hydroxylation is 1. The zero-order valence-corrected chi connectivity index (χ0v) is 12.8. The molecule has 112 valence electrons. The summed E-state index contributed by atoms with van der Waals surface area (Å²) in [6.45, 7) is 1.90. The van der Waals surface area contributed by atoms with Gasteiger partial charge in [0.2, 0.25) is 5.69 Å². The Bertz CT molecular complexity index is 757. The van der Waals surface area contributed by atoms with Crippen LogP contribution in [0.25, 0.3) is 11.3 Å². The Kier molecular flexibility index (Phi) is 4.15. The molecule has 0 saturated carbocycles. The first-order chi connectivity index (χ1) is 9.78. The fraction of sp³-hybridized carbons (Fsp3) is 0.214. The van der Waals surface area contributed by atoms with Crippen LogP contribution in [0.2, 0.25) is 0 Å². The van der Waals surface area contributed by atoms with Crippen molar-refractivity contribution in [1.82, 2.24) is 0 Å². The molecule has 2 rings (SSSR count). The van der Waals surface area contributed by atoms with E-state index in [2.05, 4.69) is 4.18 Å². The Morgan fingerprint density at radius 3 is 2.52 bits per heavy atom. The molecule has 1 aromatic heterocycles. The molecule has 0 bridgehead atoms. The van der Waals surface area contributed by atoms with Gasteiger partial charge in [0.05, 0.1) is 19.7 Å². The van der Waals surface area contributed by atoms with Crippen molar-refractivity contribution in [1.29, 1.82) is 0 Å². The summed E-state index contributed by atoms with van der Waals surface area (Å²) >= 11 is 0. The molecule has 2 aromatic rings. The third-order valence-corrected chi connectivity index (χ3v) is 3.35. The van der Waals surface area contributed by atoms with Crippen molar-refractivity contribution < 1.29 is 21.8 Å². The Labute approximate surface area is 124 Å². The van der Waals surface area contributed by atoms with Gasteiger partial charge in [-0.15, -0.1) is 0 Å². The first-order valence-electron chi connectivity index (χ1n) is 6.22. The van der Waals surface area contributed by atoms with Gasteiger partial charge in [0, 0.05) is 12.1 Å². The molecule has 0 aliphatic carbocycles. The zero-order valence-electron chi connectivity index (χ0n) is 12.0. The second-order valence-electron chi connectivity index (χ2n) is 4.75. The van der Waals surface area contributed by atoms with Gasteiger partial charge in [0.15, 0.2) is 6.20 Å². The molecule has 0 fully saturated rings. The Balaban J connectivity index is 2.56. The van der Waals surface area contributed by atoms with Crippen molar-refractivity contribution in [3.05, 3.63) is 48.2 Å². The molecule has 0 atom stereocenters. The smallest absolute Gasteiger partial charge is 0.262 e. The number of rotatable bonds is 4. The summed E-state index contributed by atoms with van der Waals surface area (Å²) in [7, 11) is -1.00. The molecule has 1 heterocycles. The first kappa shape index (κ1) is 15.3. The molecule has 7 heteroatoms. The van der Waals surface area contributed by atoms with E-state index in [1.54, 1.807) is 12.1 Å². The summed E-state index contributed by atoms with van der Waals surface area (Å²) in [6, 6.07) is 10.4. The molecule has 0 aliphatic rings. The SMILES string of the molecule is Cc1ccc(OS(=O)(=O)[O-])cc1-c1cccc[n+]1N(C)C. The van der Waals surface area contributed by atoms with Gasteiger partial charge in [-0.1, -0.05) is 10.7 Å². The minimum Gasteiger partial charge on any atom is -0.716 e. The van der Waals surface area contributed by atoms with Crippen LogP contribution in [-0.4, -0.2) is 27.1 Å². The Hall–Kier alpha value is -2.12. The normalized spacial score (nSPS) is 11.2. The highest BCUT2D eigenvalue weighted by atomic mass is 32.3. The molecule has 1 aromatic carbocycles. The molecule has 0 unspecified atom stereocenters. The molecule has 0 radical (unpaired) electrons. The number of hydrogen-bond acceptors (Lipinski definition) is 5. The number of pyridine rings is 1. The maximum atomic E-state index is 10.7. The topological polar surface area (TPSA) is 73.5 Å². The molecule has 0 amide bonds. The standard InChI is InChI=1S/C14H16N2O4S/c1-11-7-8-12(20-21(17,18)19)10-13(11)14-6-4-5-9-16(14)15(2)3/h4-10H,1-3H3. The molecular weight excluding hydrogens is 292 g/mol. The van der Waals surface area contributed by atoms with Crippen LogP contribution < -0.4 is 13.9 Å². The van der Waals surface area contributed by atoms with E-state index in [4.69, 9.17) is 0 Å². The highest BCUT2D eigenvalue weighted by Crippen LogP contribution is 2.26. The average Bonchev–Trinajstić information content (AvgIpc) is 2.39. The minimum atomic E-state index is -4.78. The van der Waals surface area contributed by atoms with E-state index in [9.17, 15) is 13.0 Å². The molecule has 0 aliphatic heterocycles. The van der Waals surface area contributed by atoms with Crippen LogP contribution in [0.5, 0.6) is 5.75 Å². The molecule has 21 heavy (non-hydrogen) atoms. The van der Waals surface area contributed by atoms with Crippen molar-refractivity contribution in [2.24, 2.45) is 0 Å². The quantitative estimate of drug-likeness (QED) is 0.478. The zero-order chi connectivity index (χ0) is 15.6. The summed E-state index contributed by atoms with van der Waals surface area (Å²) in [5.74, 6) is -0.000223. The summed E-state index contributed by atoms with van der Waals surface area (Å²) < 4.78 is 38.5. The number of benzene rings is 1. The van der Waals surface area contributed by atoms with Crippen LogP contribution in [0.15, 0.2) is 42.6 Å². The van der Waals surface area contributed by atoms with E-state index in [0.29, 0.717) is 0 Å². The minimum absolute atomic E-state index is 0.000223. The van der Waals surface area contributed by atoms with E-state index in [0.717, 1.165) is 16.8 Å². The summed E-state index contributed by atoms with van der Waals surface area (Å²) in [5, 5.41) is 1.88. The fourth-order valence-electron chi connectivity index (χ4n) is 2.04. The first-order valence-corrected chi connectivity index (χ1v) is 7.56. The van der Waals surface area contributed by atoms with Crippen molar-refractivity contribution >= 4 is 10.4 Å². The molecular formula is C14H16N2O4S. The average molecular weight is 308 g/mol.